The number of likely N-dealkylation sites (tertiary alicyclic amines) is 1. The van der Waals surface area contributed by atoms with E-state index in [1.807, 2.05) is 24.1 Å². The number of likely N-dealkylation sites (N-methyl/N-ethyl adjacent to an activating group) is 1. The summed E-state index contributed by atoms with van der Waals surface area (Å²) in [7, 11) is 1.90. The first-order valence-corrected chi connectivity index (χ1v) is 8.67. The molecule has 4 heteroatoms. The van der Waals surface area contributed by atoms with Crippen molar-refractivity contribution in [2.45, 2.75) is 25.4 Å². The Labute approximate surface area is 136 Å². The lowest BCUT2D eigenvalue weighted by atomic mass is 10.0. The Kier molecular flexibility index (Phi) is 4.90. The quantitative estimate of drug-likeness (QED) is 0.843. The molecule has 22 heavy (non-hydrogen) atoms. The highest BCUT2D eigenvalue weighted by molar-refractivity contribution is 7.09. The lowest BCUT2D eigenvalue weighted by Gasteiger charge is -2.26. The number of rotatable bonds is 5. The summed E-state index contributed by atoms with van der Waals surface area (Å²) in [6, 6.07) is 15.0. The number of nitrogens with zero attached hydrogens (tertiary/aromatic N) is 2. The molecule has 1 unspecified atom stereocenters. The van der Waals surface area contributed by atoms with Crippen molar-refractivity contribution < 1.29 is 4.79 Å². The summed E-state index contributed by atoms with van der Waals surface area (Å²) in [5.41, 5.74) is 1.33. The molecule has 0 N–H and O–H groups in total. The van der Waals surface area contributed by atoms with E-state index in [-0.39, 0.29) is 5.91 Å². The van der Waals surface area contributed by atoms with E-state index in [4.69, 9.17) is 0 Å². The van der Waals surface area contributed by atoms with Gasteiger partial charge in [0.15, 0.2) is 0 Å². The maximum atomic E-state index is 12.5. The average molecular weight is 314 g/mol. The first-order chi connectivity index (χ1) is 10.7. The van der Waals surface area contributed by atoms with Gasteiger partial charge in [0.1, 0.15) is 0 Å². The van der Waals surface area contributed by atoms with Crippen LogP contribution in [0.2, 0.25) is 0 Å². The van der Waals surface area contributed by atoms with E-state index in [1.165, 1.54) is 16.9 Å². The molecule has 1 fully saturated rings. The van der Waals surface area contributed by atoms with Crippen LogP contribution in [0, 0.1) is 0 Å². The summed E-state index contributed by atoms with van der Waals surface area (Å²) in [5.74, 6) is 0.205. The van der Waals surface area contributed by atoms with Crippen LogP contribution < -0.4 is 0 Å². The van der Waals surface area contributed by atoms with Crippen molar-refractivity contribution in [1.29, 1.82) is 0 Å². The third kappa shape index (κ3) is 3.57. The van der Waals surface area contributed by atoms with Crippen molar-refractivity contribution in [2.75, 3.05) is 20.1 Å². The van der Waals surface area contributed by atoms with Crippen molar-refractivity contribution in [1.82, 2.24) is 9.80 Å². The molecule has 2 aromatic rings. The molecule has 1 amide bonds. The molecule has 1 aliphatic rings. The maximum absolute atomic E-state index is 12.5. The van der Waals surface area contributed by atoms with Gasteiger partial charge in [0, 0.05) is 18.0 Å². The Morgan fingerprint density at radius 2 is 2.09 bits per heavy atom. The van der Waals surface area contributed by atoms with Gasteiger partial charge in [-0.15, -0.1) is 11.3 Å². The molecule has 1 aromatic carbocycles. The molecule has 0 aliphatic carbocycles. The van der Waals surface area contributed by atoms with E-state index in [9.17, 15) is 4.79 Å². The highest BCUT2D eigenvalue weighted by atomic mass is 32.1. The second-order valence-corrected chi connectivity index (χ2v) is 6.90. The standard InChI is InChI=1S/C18H22N2OS/c1-19(13-16-9-6-12-22-16)18(21)14-20-11-5-10-17(20)15-7-3-2-4-8-15/h2-4,6-9,12,17H,5,10-11,13-14H2,1H3. The van der Waals surface area contributed by atoms with Crippen LogP contribution in [0.3, 0.4) is 0 Å². The lowest BCUT2D eigenvalue weighted by molar-refractivity contribution is -0.131. The van der Waals surface area contributed by atoms with Crippen LogP contribution in [0.25, 0.3) is 0 Å². The molecule has 1 aliphatic heterocycles. The number of amides is 1. The Morgan fingerprint density at radius 3 is 2.82 bits per heavy atom. The second kappa shape index (κ2) is 7.07. The summed E-state index contributed by atoms with van der Waals surface area (Å²) in [6.07, 6.45) is 2.31. The number of benzene rings is 1. The van der Waals surface area contributed by atoms with Crippen LogP contribution >= 0.6 is 11.3 Å². The summed E-state index contributed by atoms with van der Waals surface area (Å²) < 4.78 is 0. The molecule has 116 valence electrons. The number of carbonyl (C=O) groups excluding carboxylic acids is 1. The molecule has 3 nitrogen and oxygen atoms in total. The minimum atomic E-state index is 0.205. The summed E-state index contributed by atoms with van der Waals surface area (Å²) in [4.78, 5) is 17.9. The van der Waals surface area contributed by atoms with Crippen LogP contribution in [0.15, 0.2) is 47.8 Å². The zero-order chi connectivity index (χ0) is 15.4. The second-order valence-electron chi connectivity index (χ2n) is 5.87. The van der Waals surface area contributed by atoms with Gasteiger partial charge in [-0.1, -0.05) is 36.4 Å². The molecule has 2 heterocycles. The monoisotopic (exact) mass is 314 g/mol. The zero-order valence-electron chi connectivity index (χ0n) is 12.9. The van der Waals surface area contributed by atoms with Crippen LogP contribution in [-0.4, -0.2) is 35.8 Å². The third-order valence-corrected chi connectivity index (χ3v) is 5.15. The van der Waals surface area contributed by atoms with Crippen molar-refractivity contribution in [3.63, 3.8) is 0 Å². The normalized spacial score (nSPS) is 18.5. The van der Waals surface area contributed by atoms with Crippen molar-refractivity contribution in [3.8, 4) is 0 Å². The molecule has 3 rings (SSSR count). The van der Waals surface area contributed by atoms with Crippen LogP contribution in [0.5, 0.6) is 0 Å². The van der Waals surface area contributed by atoms with Crippen LogP contribution in [0.4, 0.5) is 0 Å². The summed E-state index contributed by atoms with van der Waals surface area (Å²) in [6.45, 7) is 2.24. The SMILES string of the molecule is CN(Cc1cccs1)C(=O)CN1CCCC1c1ccccc1. The smallest absolute Gasteiger partial charge is 0.236 e. The van der Waals surface area contributed by atoms with E-state index in [1.54, 1.807) is 11.3 Å². The first kappa shape index (κ1) is 15.3. The van der Waals surface area contributed by atoms with E-state index < -0.39 is 0 Å². The van der Waals surface area contributed by atoms with E-state index in [0.29, 0.717) is 19.1 Å². The first-order valence-electron chi connectivity index (χ1n) is 7.79. The van der Waals surface area contributed by atoms with Crippen LogP contribution in [-0.2, 0) is 11.3 Å². The molecule has 0 bridgehead atoms. The predicted molar refractivity (Wildman–Crippen MR) is 90.8 cm³/mol. The lowest BCUT2D eigenvalue weighted by Crippen LogP contribution is -2.37. The Hall–Kier alpha value is -1.65. The van der Waals surface area contributed by atoms with E-state index >= 15 is 0 Å². The van der Waals surface area contributed by atoms with Gasteiger partial charge >= 0.3 is 0 Å². The van der Waals surface area contributed by atoms with Gasteiger partial charge < -0.3 is 4.90 Å². The summed E-state index contributed by atoms with van der Waals surface area (Å²) in [5, 5.41) is 2.06. The largest absolute Gasteiger partial charge is 0.340 e. The van der Waals surface area contributed by atoms with Gasteiger partial charge in [0.05, 0.1) is 13.1 Å². The van der Waals surface area contributed by atoms with E-state index in [0.717, 1.165) is 13.0 Å². The molecule has 1 saturated heterocycles. The van der Waals surface area contributed by atoms with Gasteiger partial charge in [0.2, 0.25) is 5.91 Å². The van der Waals surface area contributed by atoms with E-state index in [2.05, 4.69) is 40.6 Å². The minimum absolute atomic E-state index is 0.205. The minimum Gasteiger partial charge on any atom is -0.340 e. The van der Waals surface area contributed by atoms with Gasteiger partial charge in [-0.25, -0.2) is 0 Å². The highest BCUT2D eigenvalue weighted by Gasteiger charge is 2.28. The topological polar surface area (TPSA) is 23.6 Å². The zero-order valence-corrected chi connectivity index (χ0v) is 13.8. The molecule has 0 radical (unpaired) electrons. The molecule has 0 saturated carbocycles. The number of carbonyl (C=O) groups is 1. The molecular weight excluding hydrogens is 292 g/mol. The van der Waals surface area contributed by atoms with Crippen molar-refractivity contribution >= 4 is 17.2 Å². The van der Waals surface area contributed by atoms with Crippen molar-refractivity contribution in [3.05, 3.63) is 58.3 Å². The molecule has 0 spiro atoms. The van der Waals surface area contributed by atoms with Crippen LogP contribution in [0.1, 0.15) is 29.3 Å². The van der Waals surface area contributed by atoms with Gasteiger partial charge in [-0.2, -0.15) is 0 Å². The Bertz CT molecular complexity index is 597. The Balaban J connectivity index is 1.60. The number of hydrogen-bond donors (Lipinski definition) is 0. The highest BCUT2D eigenvalue weighted by Crippen LogP contribution is 2.31. The van der Waals surface area contributed by atoms with Gasteiger partial charge in [0.25, 0.3) is 0 Å². The molecule has 1 aromatic heterocycles. The predicted octanol–water partition coefficient (Wildman–Crippen LogP) is 3.54. The fourth-order valence-corrected chi connectivity index (χ4v) is 3.84. The van der Waals surface area contributed by atoms with Gasteiger partial charge in [-0.3, -0.25) is 9.69 Å². The third-order valence-electron chi connectivity index (χ3n) is 4.29. The fourth-order valence-electron chi connectivity index (χ4n) is 3.09. The molecule has 1 atom stereocenters. The fraction of sp³-hybridized carbons (Fsp3) is 0.389. The Morgan fingerprint density at radius 1 is 1.27 bits per heavy atom. The molecular formula is C18H22N2OS. The van der Waals surface area contributed by atoms with Crippen molar-refractivity contribution in [2.24, 2.45) is 0 Å². The van der Waals surface area contributed by atoms with Gasteiger partial charge in [-0.05, 0) is 36.4 Å². The number of hydrogen-bond acceptors (Lipinski definition) is 3. The summed E-state index contributed by atoms with van der Waals surface area (Å²) >= 11 is 1.70. The number of thiophene rings is 1. The maximum Gasteiger partial charge on any atom is 0.236 e. The average Bonchev–Trinajstić information content (AvgIpc) is 3.19.